The second-order valence-electron chi connectivity index (χ2n) is 6.22. The number of furan rings is 1. The lowest BCUT2D eigenvalue weighted by atomic mass is 10.3. The first-order valence-corrected chi connectivity index (χ1v) is 11.1. The van der Waals surface area contributed by atoms with Gasteiger partial charge in [-0.25, -0.2) is 4.98 Å². The summed E-state index contributed by atoms with van der Waals surface area (Å²) in [5, 5.41) is 0.656. The first kappa shape index (κ1) is 19.5. The molecule has 0 saturated heterocycles. The zero-order chi connectivity index (χ0) is 20.1. The number of carbonyl (C=O) groups excluding carboxylic acids is 1. The van der Waals surface area contributed by atoms with Crippen molar-refractivity contribution >= 4 is 44.4 Å². The van der Waals surface area contributed by atoms with Crippen LogP contribution in [0.3, 0.4) is 0 Å². The Hall–Kier alpha value is -2.77. The molecule has 0 unspecified atom stereocenters. The number of thioether (sulfide) groups is 1. The van der Waals surface area contributed by atoms with E-state index in [1.165, 1.54) is 23.1 Å². The van der Waals surface area contributed by atoms with E-state index in [-0.39, 0.29) is 5.91 Å². The van der Waals surface area contributed by atoms with Crippen molar-refractivity contribution in [3.05, 3.63) is 72.7 Å². The molecule has 7 heteroatoms. The summed E-state index contributed by atoms with van der Waals surface area (Å²) >= 11 is 3.00. The molecular formula is C22H20N2O3S2. The molecule has 2 heterocycles. The Balaban J connectivity index is 1.59. The monoisotopic (exact) mass is 424 g/mol. The topological polar surface area (TPSA) is 55.6 Å². The normalized spacial score (nSPS) is 10.9. The summed E-state index contributed by atoms with van der Waals surface area (Å²) in [6, 6.07) is 19.4. The molecular weight excluding hydrogens is 404 g/mol. The fourth-order valence-electron chi connectivity index (χ4n) is 2.83. The SMILES string of the molecule is CCOc1ccc2nc(N(Cc3ccco3)C(=O)CSc3ccccc3)sc2c1. The number of aromatic nitrogens is 1. The van der Waals surface area contributed by atoms with Gasteiger partial charge in [0.05, 0.1) is 35.4 Å². The van der Waals surface area contributed by atoms with Crippen LogP contribution in [-0.4, -0.2) is 23.3 Å². The highest BCUT2D eigenvalue weighted by Crippen LogP contribution is 2.33. The molecule has 5 nitrogen and oxygen atoms in total. The minimum atomic E-state index is -0.0145. The van der Waals surface area contributed by atoms with Gasteiger partial charge in [0.1, 0.15) is 11.5 Å². The minimum Gasteiger partial charge on any atom is -0.494 e. The summed E-state index contributed by atoms with van der Waals surface area (Å²) in [4.78, 5) is 20.5. The summed E-state index contributed by atoms with van der Waals surface area (Å²) in [6.45, 7) is 2.91. The molecule has 0 aliphatic heterocycles. The first-order valence-electron chi connectivity index (χ1n) is 9.27. The zero-order valence-corrected chi connectivity index (χ0v) is 17.5. The predicted octanol–water partition coefficient (Wildman–Crippen LogP) is 5.61. The molecule has 0 saturated carbocycles. The van der Waals surface area contributed by atoms with E-state index in [4.69, 9.17) is 9.15 Å². The first-order chi connectivity index (χ1) is 14.2. The standard InChI is InChI=1S/C22H20N2O3S2/c1-2-26-16-10-11-19-20(13-16)29-22(23-19)24(14-17-7-6-12-27-17)21(25)15-28-18-8-4-3-5-9-18/h3-13H,2,14-15H2,1H3. The molecule has 0 aliphatic carbocycles. The average Bonchev–Trinajstić information content (AvgIpc) is 3.40. The number of hydrogen-bond donors (Lipinski definition) is 0. The van der Waals surface area contributed by atoms with Crippen molar-refractivity contribution in [3.8, 4) is 5.75 Å². The molecule has 0 N–H and O–H groups in total. The van der Waals surface area contributed by atoms with Crippen molar-refractivity contribution in [3.63, 3.8) is 0 Å². The highest BCUT2D eigenvalue weighted by atomic mass is 32.2. The predicted molar refractivity (Wildman–Crippen MR) is 118 cm³/mol. The molecule has 2 aromatic heterocycles. The van der Waals surface area contributed by atoms with Crippen LogP contribution in [0.2, 0.25) is 0 Å². The van der Waals surface area contributed by atoms with E-state index in [1.54, 1.807) is 11.2 Å². The van der Waals surface area contributed by atoms with Gasteiger partial charge in [0.2, 0.25) is 5.91 Å². The fraction of sp³-hybridized carbons (Fsp3) is 0.182. The van der Waals surface area contributed by atoms with Crippen molar-refractivity contribution < 1.29 is 13.9 Å². The average molecular weight is 425 g/mol. The number of hydrogen-bond acceptors (Lipinski definition) is 6. The molecule has 0 radical (unpaired) electrons. The number of carbonyl (C=O) groups is 1. The fourth-order valence-corrected chi connectivity index (χ4v) is 4.63. The molecule has 0 fully saturated rings. The third kappa shape index (κ3) is 4.81. The van der Waals surface area contributed by atoms with Crippen LogP contribution in [0.5, 0.6) is 5.75 Å². The van der Waals surface area contributed by atoms with E-state index >= 15 is 0 Å². The van der Waals surface area contributed by atoms with Gasteiger partial charge in [0.15, 0.2) is 5.13 Å². The molecule has 4 aromatic rings. The maximum absolute atomic E-state index is 13.1. The van der Waals surface area contributed by atoms with Crippen molar-refractivity contribution in [2.75, 3.05) is 17.3 Å². The van der Waals surface area contributed by atoms with Gasteiger partial charge in [-0.3, -0.25) is 9.69 Å². The second-order valence-corrected chi connectivity index (χ2v) is 8.28. The van der Waals surface area contributed by atoms with Gasteiger partial charge in [-0.2, -0.15) is 0 Å². The van der Waals surface area contributed by atoms with Crippen molar-refractivity contribution in [1.29, 1.82) is 0 Å². The Kier molecular flexibility index (Phi) is 6.17. The Morgan fingerprint density at radius 1 is 1.17 bits per heavy atom. The van der Waals surface area contributed by atoms with E-state index in [0.29, 0.717) is 24.0 Å². The van der Waals surface area contributed by atoms with Gasteiger partial charge >= 0.3 is 0 Å². The van der Waals surface area contributed by atoms with Crippen LogP contribution in [0, 0.1) is 0 Å². The molecule has 29 heavy (non-hydrogen) atoms. The number of rotatable bonds is 8. The van der Waals surface area contributed by atoms with Crippen LogP contribution in [-0.2, 0) is 11.3 Å². The molecule has 2 aromatic carbocycles. The van der Waals surface area contributed by atoms with Gasteiger partial charge in [0.25, 0.3) is 0 Å². The summed E-state index contributed by atoms with van der Waals surface area (Å²) in [7, 11) is 0. The number of fused-ring (bicyclic) bond motifs is 1. The lowest BCUT2D eigenvalue weighted by molar-refractivity contribution is -0.116. The van der Waals surface area contributed by atoms with Gasteiger partial charge < -0.3 is 9.15 Å². The van der Waals surface area contributed by atoms with E-state index in [9.17, 15) is 4.79 Å². The van der Waals surface area contributed by atoms with Crippen LogP contribution in [0.15, 0.2) is 76.2 Å². The van der Waals surface area contributed by atoms with Gasteiger partial charge in [-0.05, 0) is 49.4 Å². The molecule has 4 rings (SSSR count). The van der Waals surface area contributed by atoms with Crippen LogP contribution < -0.4 is 9.64 Å². The van der Waals surface area contributed by atoms with Gasteiger partial charge in [-0.15, -0.1) is 11.8 Å². The number of thiazole rings is 1. The summed E-state index contributed by atoms with van der Waals surface area (Å²) in [6.07, 6.45) is 1.61. The van der Waals surface area contributed by atoms with Crippen LogP contribution >= 0.6 is 23.1 Å². The number of ether oxygens (including phenoxy) is 1. The Morgan fingerprint density at radius 2 is 2.03 bits per heavy atom. The summed E-state index contributed by atoms with van der Waals surface area (Å²) < 4.78 is 12.0. The highest BCUT2D eigenvalue weighted by Gasteiger charge is 2.21. The smallest absolute Gasteiger partial charge is 0.239 e. The Morgan fingerprint density at radius 3 is 2.79 bits per heavy atom. The van der Waals surface area contributed by atoms with E-state index < -0.39 is 0 Å². The third-order valence-corrected chi connectivity index (χ3v) is 6.23. The summed E-state index contributed by atoms with van der Waals surface area (Å²) in [5.74, 6) is 1.83. The maximum atomic E-state index is 13.1. The van der Waals surface area contributed by atoms with Gasteiger partial charge in [-0.1, -0.05) is 29.5 Å². The lowest BCUT2D eigenvalue weighted by Crippen LogP contribution is -2.31. The van der Waals surface area contributed by atoms with Crippen LogP contribution in [0.4, 0.5) is 5.13 Å². The Labute approximate surface area is 177 Å². The van der Waals surface area contributed by atoms with Crippen molar-refractivity contribution in [2.45, 2.75) is 18.4 Å². The summed E-state index contributed by atoms with van der Waals surface area (Å²) in [5.41, 5.74) is 0.849. The molecule has 1 amide bonds. The number of anilines is 1. The number of nitrogens with zero attached hydrogens (tertiary/aromatic N) is 2. The van der Waals surface area contributed by atoms with Crippen LogP contribution in [0.25, 0.3) is 10.2 Å². The number of benzene rings is 2. The minimum absolute atomic E-state index is 0.0145. The molecule has 148 valence electrons. The van der Waals surface area contributed by atoms with E-state index in [2.05, 4.69) is 4.98 Å². The van der Waals surface area contributed by atoms with Crippen molar-refractivity contribution in [1.82, 2.24) is 4.98 Å². The molecule has 0 spiro atoms. The highest BCUT2D eigenvalue weighted by molar-refractivity contribution is 8.00. The third-order valence-electron chi connectivity index (χ3n) is 4.19. The molecule has 0 bridgehead atoms. The number of amides is 1. The van der Waals surface area contributed by atoms with Crippen molar-refractivity contribution in [2.24, 2.45) is 0 Å². The van der Waals surface area contributed by atoms with E-state index in [0.717, 1.165) is 26.6 Å². The van der Waals surface area contributed by atoms with E-state index in [1.807, 2.05) is 67.6 Å². The lowest BCUT2D eigenvalue weighted by Gasteiger charge is -2.18. The zero-order valence-electron chi connectivity index (χ0n) is 15.9. The second kappa shape index (κ2) is 9.15. The van der Waals surface area contributed by atoms with Gasteiger partial charge in [0, 0.05) is 4.90 Å². The Bertz CT molecular complexity index is 1080. The van der Waals surface area contributed by atoms with Crippen LogP contribution in [0.1, 0.15) is 12.7 Å². The quantitative estimate of drug-likeness (QED) is 0.344. The molecule has 0 aliphatic rings. The largest absolute Gasteiger partial charge is 0.494 e. The maximum Gasteiger partial charge on any atom is 0.239 e. The molecule has 0 atom stereocenters.